The van der Waals surface area contributed by atoms with E-state index in [1.165, 1.54) is 6.07 Å². The lowest BCUT2D eigenvalue weighted by molar-refractivity contribution is -0.159. The molecular weight excluding hydrogens is 293 g/mol. The van der Waals surface area contributed by atoms with Crippen LogP contribution in [0.1, 0.15) is 49.7 Å². The highest BCUT2D eigenvalue weighted by Crippen LogP contribution is 2.53. The molecule has 1 fully saturated rings. The molecule has 0 heterocycles. The van der Waals surface area contributed by atoms with Crippen molar-refractivity contribution in [2.75, 3.05) is 0 Å². The van der Waals surface area contributed by atoms with Crippen molar-refractivity contribution in [3.63, 3.8) is 0 Å². The second-order valence-electron chi connectivity index (χ2n) is 6.62. The van der Waals surface area contributed by atoms with Crippen LogP contribution in [0.4, 0.5) is 13.2 Å². The van der Waals surface area contributed by atoms with E-state index < -0.39 is 18.0 Å². The number of aryl methyl sites for hydroxylation is 1. The molecule has 120 valence electrons. The lowest BCUT2D eigenvalue weighted by Crippen LogP contribution is -2.44. The van der Waals surface area contributed by atoms with Crippen molar-refractivity contribution >= 4 is 5.78 Å². The van der Waals surface area contributed by atoms with Gasteiger partial charge in [0.05, 0.1) is 6.42 Å². The number of hydrogen-bond acceptors (Lipinski definition) is 2. The number of phenolic OH excluding ortho intramolecular Hbond substituents is 1. The largest absolute Gasteiger partial charge is 0.508 e. The molecule has 2 aliphatic carbocycles. The number of aromatic hydroxyl groups is 1. The number of phenols is 1. The molecule has 0 saturated heterocycles. The second-order valence-corrected chi connectivity index (χ2v) is 6.62. The van der Waals surface area contributed by atoms with Crippen LogP contribution in [0.3, 0.4) is 0 Å². The highest BCUT2D eigenvalue weighted by Gasteiger charge is 2.52. The van der Waals surface area contributed by atoms with E-state index in [1.54, 1.807) is 12.1 Å². The normalized spacial score (nSPS) is 28.7. The minimum Gasteiger partial charge on any atom is -0.508 e. The lowest BCUT2D eigenvalue weighted by atomic mass is 9.59. The molecule has 2 atom stereocenters. The van der Waals surface area contributed by atoms with E-state index in [9.17, 15) is 23.1 Å². The molecule has 0 bridgehead atoms. The van der Waals surface area contributed by atoms with E-state index in [0.717, 1.165) is 12.0 Å². The average molecular weight is 312 g/mol. The molecular formula is C17H19F3O2. The fourth-order valence-electron chi connectivity index (χ4n) is 4.37. The maximum atomic E-state index is 13.3. The third-order valence-electron chi connectivity index (χ3n) is 5.25. The van der Waals surface area contributed by atoms with Gasteiger partial charge in [-0.1, -0.05) is 6.07 Å². The van der Waals surface area contributed by atoms with Crippen LogP contribution in [0.2, 0.25) is 0 Å². The Labute approximate surface area is 127 Å². The number of carbonyl (C=O) groups excluding carboxylic acids is 1. The van der Waals surface area contributed by atoms with E-state index >= 15 is 0 Å². The zero-order valence-electron chi connectivity index (χ0n) is 12.2. The predicted octanol–water partition coefficient (Wildman–Crippen LogP) is 4.29. The molecule has 0 radical (unpaired) electrons. The smallest absolute Gasteiger partial charge is 0.389 e. The Kier molecular flexibility index (Phi) is 3.69. The number of Topliss-reactive ketones (excluding diaryl/α,β-unsaturated/α-hetero) is 1. The first kappa shape index (κ1) is 15.4. The van der Waals surface area contributed by atoms with Crippen LogP contribution in [0.15, 0.2) is 18.2 Å². The van der Waals surface area contributed by atoms with Crippen LogP contribution >= 0.6 is 0 Å². The number of ketones is 1. The molecule has 3 rings (SSSR count). The zero-order valence-corrected chi connectivity index (χ0v) is 12.2. The first-order valence-corrected chi connectivity index (χ1v) is 7.71. The molecule has 0 spiro atoms. The Bertz CT molecular complexity index is 594. The fourth-order valence-corrected chi connectivity index (χ4v) is 4.37. The summed E-state index contributed by atoms with van der Waals surface area (Å²) in [5.74, 6) is -0.0857. The van der Waals surface area contributed by atoms with E-state index in [-0.39, 0.29) is 36.7 Å². The van der Waals surface area contributed by atoms with Crippen molar-refractivity contribution in [1.82, 2.24) is 0 Å². The summed E-state index contributed by atoms with van der Waals surface area (Å²) >= 11 is 0. The molecule has 1 aromatic carbocycles. The minimum atomic E-state index is -4.27. The molecule has 1 saturated carbocycles. The lowest BCUT2D eigenvalue weighted by Gasteiger charge is -2.44. The van der Waals surface area contributed by atoms with E-state index in [2.05, 4.69) is 0 Å². The van der Waals surface area contributed by atoms with Crippen molar-refractivity contribution in [3.8, 4) is 5.75 Å². The molecule has 1 N–H and O–H groups in total. The van der Waals surface area contributed by atoms with Gasteiger partial charge in [-0.05, 0) is 54.9 Å². The number of hydrogen-bond donors (Lipinski definition) is 1. The van der Waals surface area contributed by atoms with Gasteiger partial charge in [0.25, 0.3) is 0 Å². The topological polar surface area (TPSA) is 37.3 Å². The van der Waals surface area contributed by atoms with Crippen LogP contribution in [-0.2, 0) is 16.6 Å². The van der Waals surface area contributed by atoms with Gasteiger partial charge in [-0.15, -0.1) is 0 Å². The number of carbonyl (C=O) groups is 1. The van der Waals surface area contributed by atoms with Gasteiger partial charge in [0, 0.05) is 18.3 Å². The molecule has 0 amide bonds. The summed E-state index contributed by atoms with van der Waals surface area (Å²) in [5.41, 5.74) is 0.491. The SMILES string of the molecule is O=C1CC[C@@]2(CC(F)(F)F)c3ccc(O)cc3CCC[C@H]2C1. The van der Waals surface area contributed by atoms with Crippen LogP contribution in [0.25, 0.3) is 0 Å². The van der Waals surface area contributed by atoms with Gasteiger partial charge in [-0.2, -0.15) is 13.2 Å². The number of rotatable bonds is 1. The van der Waals surface area contributed by atoms with Crippen molar-refractivity contribution in [3.05, 3.63) is 29.3 Å². The number of alkyl halides is 3. The standard InChI is InChI=1S/C17H19F3O2/c18-17(19,20)10-16-7-6-14(22)9-12(16)3-1-2-11-8-13(21)4-5-15(11)16/h4-5,8,12,21H,1-3,6-7,9-10H2/t12-,16-/m0/s1. The van der Waals surface area contributed by atoms with Crippen LogP contribution in [0, 0.1) is 5.92 Å². The summed E-state index contributed by atoms with van der Waals surface area (Å²) in [4.78, 5) is 11.8. The van der Waals surface area contributed by atoms with Crippen molar-refractivity contribution in [2.45, 2.75) is 56.5 Å². The van der Waals surface area contributed by atoms with E-state index in [4.69, 9.17) is 0 Å². The minimum absolute atomic E-state index is 0.0741. The molecule has 1 aromatic rings. The Morgan fingerprint density at radius 2 is 2.05 bits per heavy atom. The summed E-state index contributed by atoms with van der Waals surface area (Å²) < 4.78 is 39.8. The van der Waals surface area contributed by atoms with Crippen LogP contribution in [-0.4, -0.2) is 17.1 Å². The highest BCUT2D eigenvalue weighted by molar-refractivity contribution is 5.80. The van der Waals surface area contributed by atoms with Gasteiger partial charge in [-0.25, -0.2) is 0 Å². The Morgan fingerprint density at radius 1 is 1.27 bits per heavy atom. The molecule has 5 heteroatoms. The van der Waals surface area contributed by atoms with Crippen LogP contribution < -0.4 is 0 Å². The Balaban J connectivity index is 2.13. The third-order valence-corrected chi connectivity index (χ3v) is 5.25. The van der Waals surface area contributed by atoms with Gasteiger partial charge in [0.2, 0.25) is 0 Å². The second kappa shape index (κ2) is 5.28. The monoisotopic (exact) mass is 312 g/mol. The number of benzene rings is 1. The van der Waals surface area contributed by atoms with Gasteiger partial charge in [0.1, 0.15) is 11.5 Å². The molecule has 2 aliphatic rings. The van der Waals surface area contributed by atoms with Gasteiger partial charge in [0.15, 0.2) is 0 Å². The molecule has 0 aliphatic heterocycles. The summed E-state index contributed by atoms with van der Waals surface area (Å²) in [6, 6.07) is 4.70. The Morgan fingerprint density at radius 3 is 2.77 bits per heavy atom. The highest BCUT2D eigenvalue weighted by atomic mass is 19.4. The molecule has 0 unspecified atom stereocenters. The van der Waals surface area contributed by atoms with Crippen molar-refractivity contribution in [2.24, 2.45) is 5.92 Å². The maximum Gasteiger partial charge on any atom is 0.389 e. The average Bonchev–Trinajstić information content (AvgIpc) is 2.54. The van der Waals surface area contributed by atoms with Crippen molar-refractivity contribution < 1.29 is 23.1 Å². The van der Waals surface area contributed by atoms with E-state index in [1.807, 2.05) is 0 Å². The maximum absolute atomic E-state index is 13.3. The summed E-state index contributed by atoms with van der Waals surface area (Å²) in [5, 5.41) is 9.66. The first-order valence-electron chi connectivity index (χ1n) is 7.71. The molecule has 22 heavy (non-hydrogen) atoms. The molecule has 0 aromatic heterocycles. The van der Waals surface area contributed by atoms with Crippen molar-refractivity contribution in [1.29, 1.82) is 0 Å². The predicted molar refractivity (Wildman–Crippen MR) is 75.7 cm³/mol. The van der Waals surface area contributed by atoms with Gasteiger partial charge < -0.3 is 5.11 Å². The van der Waals surface area contributed by atoms with Gasteiger partial charge in [-0.3, -0.25) is 4.79 Å². The quantitative estimate of drug-likeness (QED) is 0.840. The fraction of sp³-hybridized carbons (Fsp3) is 0.588. The summed E-state index contributed by atoms with van der Waals surface area (Å²) in [7, 11) is 0. The number of fused-ring (bicyclic) bond motifs is 3. The summed E-state index contributed by atoms with van der Waals surface area (Å²) in [6.07, 6.45) is -2.37. The summed E-state index contributed by atoms with van der Waals surface area (Å²) in [6.45, 7) is 0. The van der Waals surface area contributed by atoms with E-state index in [0.29, 0.717) is 18.4 Å². The van der Waals surface area contributed by atoms with Crippen LogP contribution in [0.5, 0.6) is 5.75 Å². The first-order chi connectivity index (χ1) is 10.3. The molecule has 2 nitrogen and oxygen atoms in total. The van der Waals surface area contributed by atoms with Gasteiger partial charge >= 0.3 is 6.18 Å². The zero-order chi connectivity index (χ0) is 16.0. The third kappa shape index (κ3) is 2.73. The number of halogens is 3. The Hall–Kier alpha value is -1.52.